The number of ether oxygens (including phenoxy) is 1. The fourth-order valence-corrected chi connectivity index (χ4v) is 3.32. The number of carbonyl (C=O) groups excluding carboxylic acids is 1. The van der Waals surface area contributed by atoms with Crippen molar-refractivity contribution in [2.75, 3.05) is 5.01 Å². The molecule has 1 heterocycles. The highest BCUT2D eigenvalue weighted by atomic mass is 19.4. The molecule has 0 saturated heterocycles. The zero-order chi connectivity index (χ0) is 24.5. The third-order valence-electron chi connectivity index (χ3n) is 4.99. The molecule has 0 atom stereocenters. The lowest BCUT2D eigenvalue weighted by molar-refractivity contribution is -0.385. The molecule has 0 saturated carbocycles. The van der Waals surface area contributed by atoms with Crippen molar-refractivity contribution in [2.45, 2.75) is 13.1 Å². The average molecular weight is 467 g/mol. The fraction of sp³-hybridized carbons (Fsp3) is 0.0833. The van der Waals surface area contributed by atoms with Crippen LogP contribution in [0.2, 0.25) is 0 Å². The van der Waals surface area contributed by atoms with Crippen LogP contribution in [0.15, 0.2) is 83.5 Å². The minimum Gasteiger partial charge on any atom is -0.449 e. The average Bonchev–Trinajstić information content (AvgIpc) is 3.08. The number of hydrogen-bond acceptors (Lipinski definition) is 5. The van der Waals surface area contributed by atoms with E-state index in [0.29, 0.717) is 29.1 Å². The van der Waals surface area contributed by atoms with Crippen molar-refractivity contribution >= 4 is 29.1 Å². The van der Waals surface area contributed by atoms with Crippen LogP contribution >= 0.6 is 0 Å². The Bertz CT molecular complexity index is 1330. The molecule has 1 amide bonds. The molecule has 172 valence electrons. The van der Waals surface area contributed by atoms with Gasteiger partial charge < -0.3 is 4.74 Å². The number of rotatable bonds is 5. The summed E-state index contributed by atoms with van der Waals surface area (Å²) in [4.78, 5) is 23.4. The molecule has 0 radical (unpaired) electrons. The van der Waals surface area contributed by atoms with E-state index >= 15 is 0 Å². The van der Waals surface area contributed by atoms with Gasteiger partial charge in [-0.2, -0.15) is 23.3 Å². The monoisotopic (exact) mass is 467 g/mol. The molecule has 4 rings (SSSR count). The van der Waals surface area contributed by atoms with Gasteiger partial charge in [0.05, 0.1) is 27.5 Å². The van der Waals surface area contributed by atoms with Crippen molar-refractivity contribution in [3.05, 3.63) is 99.6 Å². The molecule has 1 aliphatic rings. The second-order valence-corrected chi connectivity index (χ2v) is 7.27. The van der Waals surface area contributed by atoms with Gasteiger partial charge in [-0.25, -0.2) is 0 Å². The zero-order valence-electron chi connectivity index (χ0n) is 17.6. The second kappa shape index (κ2) is 8.81. The molecule has 34 heavy (non-hydrogen) atoms. The molecule has 3 aromatic carbocycles. The first-order valence-electron chi connectivity index (χ1n) is 9.94. The van der Waals surface area contributed by atoms with E-state index in [0.717, 1.165) is 6.07 Å². The maximum Gasteiger partial charge on any atom is 0.416 e. The molecule has 1 aliphatic heterocycles. The SMILES string of the molecule is CC1=NN(c2ccccc2)C(=O)/C1=C/c1ccccc1Oc1ccc(C(F)(F)F)cc1[N+](=O)[O-]. The first-order chi connectivity index (χ1) is 16.1. The van der Waals surface area contributed by atoms with E-state index in [9.17, 15) is 28.1 Å². The molecular weight excluding hydrogens is 451 g/mol. The normalized spacial score (nSPS) is 14.9. The van der Waals surface area contributed by atoms with Gasteiger partial charge in [0.2, 0.25) is 5.75 Å². The lowest BCUT2D eigenvalue weighted by atomic mass is 10.1. The molecule has 10 heteroatoms. The maximum atomic E-state index is 13.0. The number of nitro benzene ring substituents is 1. The number of para-hydroxylation sites is 2. The molecular formula is C24H16F3N3O4. The number of alkyl halides is 3. The summed E-state index contributed by atoms with van der Waals surface area (Å²) in [5, 5.41) is 16.9. The first-order valence-corrected chi connectivity index (χ1v) is 9.94. The third-order valence-corrected chi connectivity index (χ3v) is 4.99. The number of halogens is 3. The molecule has 0 fully saturated rings. The van der Waals surface area contributed by atoms with Gasteiger partial charge in [-0.3, -0.25) is 14.9 Å². The van der Waals surface area contributed by atoms with Gasteiger partial charge in [-0.15, -0.1) is 0 Å². The predicted molar refractivity (Wildman–Crippen MR) is 120 cm³/mol. The second-order valence-electron chi connectivity index (χ2n) is 7.27. The van der Waals surface area contributed by atoms with Crippen LogP contribution in [-0.4, -0.2) is 16.5 Å². The van der Waals surface area contributed by atoms with Gasteiger partial charge in [0.1, 0.15) is 5.75 Å². The quantitative estimate of drug-likeness (QED) is 0.254. The number of anilines is 1. The lowest BCUT2D eigenvalue weighted by Crippen LogP contribution is -2.21. The number of hydrogen-bond donors (Lipinski definition) is 0. The smallest absolute Gasteiger partial charge is 0.416 e. The molecule has 0 aromatic heterocycles. The fourth-order valence-electron chi connectivity index (χ4n) is 3.32. The summed E-state index contributed by atoms with van der Waals surface area (Å²) in [6.45, 7) is 1.66. The van der Waals surface area contributed by atoms with Crippen molar-refractivity contribution < 1.29 is 27.6 Å². The van der Waals surface area contributed by atoms with E-state index in [4.69, 9.17) is 4.74 Å². The molecule has 0 unspecified atom stereocenters. The largest absolute Gasteiger partial charge is 0.449 e. The van der Waals surface area contributed by atoms with Gasteiger partial charge in [-0.1, -0.05) is 36.4 Å². The van der Waals surface area contributed by atoms with Gasteiger partial charge >= 0.3 is 11.9 Å². The number of benzene rings is 3. The van der Waals surface area contributed by atoms with Gasteiger partial charge in [0.15, 0.2) is 0 Å². The van der Waals surface area contributed by atoms with Crippen LogP contribution in [0.4, 0.5) is 24.5 Å². The highest BCUT2D eigenvalue weighted by Crippen LogP contribution is 2.39. The maximum absolute atomic E-state index is 13.0. The standard InChI is InChI=1S/C24H16F3N3O4/c1-15-19(23(31)29(28-15)18-8-3-2-4-9-18)13-16-7-5-6-10-21(16)34-22-12-11-17(24(25,26)27)14-20(22)30(32)33/h2-14H,1H3/b19-13+. The first kappa shape index (κ1) is 22.7. The minimum absolute atomic E-state index is 0.122. The van der Waals surface area contributed by atoms with Crippen LogP contribution in [0.3, 0.4) is 0 Å². The molecule has 3 aromatic rings. The van der Waals surface area contributed by atoms with E-state index in [1.165, 1.54) is 17.2 Å². The Labute approximate surface area is 191 Å². The van der Waals surface area contributed by atoms with Gasteiger partial charge in [0, 0.05) is 11.6 Å². The van der Waals surface area contributed by atoms with E-state index in [2.05, 4.69) is 5.10 Å². The zero-order valence-corrected chi connectivity index (χ0v) is 17.6. The number of hydrazone groups is 1. The van der Waals surface area contributed by atoms with Crippen molar-refractivity contribution in [3.63, 3.8) is 0 Å². The Morgan fingerprint density at radius 2 is 1.68 bits per heavy atom. The van der Waals surface area contributed by atoms with E-state index < -0.39 is 22.4 Å². The van der Waals surface area contributed by atoms with Crippen LogP contribution in [-0.2, 0) is 11.0 Å². The van der Waals surface area contributed by atoms with E-state index in [1.54, 1.807) is 49.4 Å². The summed E-state index contributed by atoms with van der Waals surface area (Å²) < 4.78 is 44.6. The molecule has 0 bridgehead atoms. The van der Waals surface area contributed by atoms with Crippen molar-refractivity contribution in [2.24, 2.45) is 5.10 Å². The van der Waals surface area contributed by atoms with Gasteiger partial charge in [0.25, 0.3) is 5.91 Å². The summed E-state index contributed by atoms with van der Waals surface area (Å²) >= 11 is 0. The predicted octanol–water partition coefficient (Wildman–Crippen LogP) is 6.21. The molecule has 0 spiro atoms. The lowest BCUT2D eigenvalue weighted by Gasteiger charge is -2.12. The Morgan fingerprint density at radius 1 is 1.00 bits per heavy atom. The Balaban J connectivity index is 1.69. The number of nitro groups is 1. The minimum atomic E-state index is -4.74. The number of carbonyl (C=O) groups is 1. The Morgan fingerprint density at radius 3 is 2.35 bits per heavy atom. The van der Waals surface area contributed by atoms with Gasteiger partial charge in [-0.05, 0) is 43.3 Å². The summed E-state index contributed by atoms with van der Waals surface area (Å²) in [7, 11) is 0. The summed E-state index contributed by atoms with van der Waals surface area (Å²) in [5.41, 5.74) is -0.288. The van der Waals surface area contributed by atoms with Crippen LogP contribution in [0.25, 0.3) is 6.08 Å². The van der Waals surface area contributed by atoms with Crippen molar-refractivity contribution in [1.29, 1.82) is 0 Å². The highest BCUT2D eigenvalue weighted by molar-refractivity contribution is 6.32. The summed E-state index contributed by atoms with van der Waals surface area (Å²) in [6, 6.07) is 17.2. The summed E-state index contributed by atoms with van der Waals surface area (Å²) in [5.74, 6) is -0.617. The third kappa shape index (κ3) is 4.51. The molecule has 7 nitrogen and oxygen atoms in total. The van der Waals surface area contributed by atoms with Crippen LogP contribution in [0.5, 0.6) is 11.5 Å². The van der Waals surface area contributed by atoms with E-state index in [1.807, 2.05) is 6.07 Å². The Kier molecular flexibility index (Phi) is 5.89. The Hall–Kier alpha value is -4.47. The van der Waals surface area contributed by atoms with Crippen molar-refractivity contribution in [3.8, 4) is 11.5 Å². The molecule has 0 N–H and O–H groups in total. The van der Waals surface area contributed by atoms with E-state index in [-0.39, 0.29) is 23.0 Å². The van der Waals surface area contributed by atoms with Crippen LogP contribution < -0.4 is 9.75 Å². The van der Waals surface area contributed by atoms with Crippen LogP contribution in [0, 0.1) is 10.1 Å². The summed E-state index contributed by atoms with van der Waals surface area (Å²) in [6.07, 6.45) is -3.22. The number of amides is 1. The molecule has 0 aliphatic carbocycles. The highest BCUT2D eigenvalue weighted by Gasteiger charge is 2.34. The number of nitrogens with zero attached hydrogens (tertiary/aromatic N) is 3. The van der Waals surface area contributed by atoms with Crippen molar-refractivity contribution in [1.82, 2.24) is 0 Å². The van der Waals surface area contributed by atoms with Crippen LogP contribution in [0.1, 0.15) is 18.1 Å². The topological polar surface area (TPSA) is 85.0 Å².